The molecule has 4 aromatic rings. The van der Waals surface area contributed by atoms with E-state index in [2.05, 4.69) is 91.9 Å². The molecule has 2 heterocycles. The van der Waals surface area contributed by atoms with E-state index in [1.807, 2.05) is 41.0 Å². The summed E-state index contributed by atoms with van der Waals surface area (Å²) >= 11 is 3.28. The van der Waals surface area contributed by atoms with Crippen molar-refractivity contribution in [2.75, 3.05) is 12.1 Å². The number of methoxy groups -OCH3 is 1. The fraction of sp³-hybridized carbons (Fsp3) is 0.133. The molecule has 6 rings (SSSR count). The lowest BCUT2D eigenvalue weighted by atomic mass is 9.82. The third-order valence-corrected chi connectivity index (χ3v) is 9.99. The van der Waals surface area contributed by atoms with Crippen molar-refractivity contribution in [1.29, 1.82) is 0 Å². The van der Waals surface area contributed by atoms with Crippen molar-refractivity contribution < 1.29 is 9.53 Å². The largest absolute Gasteiger partial charge is 0.464 e. The number of carbonyl (C=O) groups excluding carboxylic acids is 1. The highest BCUT2D eigenvalue weighted by Crippen LogP contribution is 2.71. The molecule has 0 amide bonds. The van der Waals surface area contributed by atoms with Gasteiger partial charge in [-0.05, 0) is 35.2 Å². The number of thioether (sulfide) groups is 2. The van der Waals surface area contributed by atoms with Crippen LogP contribution in [-0.4, -0.2) is 18.1 Å². The first-order valence-electron chi connectivity index (χ1n) is 11.7. The van der Waals surface area contributed by atoms with Crippen LogP contribution in [0.15, 0.2) is 114 Å². The summed E-state index contributed by atoms with van der Waals surface area (Å²) < 4.78 is 3.92. The maximum absolute atomic E-state index is 12.8. The van der Waals surface area contributed by atoms with E-state index >= 15 is 0 Å². The van der Waals surface area contributed by atoms with Gasteiger partial charge in [0.15, 0.2) is 4.20 Å². The summed E-state index contributed by atoms with van der Waals surface area (Å²) in [5.74, 6) is -0.425. The van der Waals surface area contributed by atoms with Gasteiger partial charge in [-0.1, -0.05) is 127 Å². The van der Waals surface area contributed by atoms with E-state index in [4.69, 9.17) is 9.84 Å². The molecule has 1 atom stereocenters. The van der Waals surface area contributed by atoms with E-state index in [9.17, 15) is 4.79 Å². The molecule has 178 valence electrons. The Labute approximate surface area is 219 Å². The molecule has 0 bridgehead atoms. The van der Waals surface area contributed by atoms with E-state index in [1.165, 1.54) is 35.6 Å². The average Bonchev–Trinajstić information content (AvgIpc) is 3.46. The van der Waals surface area contributed by atoms with Crippen LogP contribution in [0, 0.1) is 6.92 Å². The average molecular weight is 509 g/mol. The molecule has 2 aliphatic heterocycles. The monoisotopic (exact) mass is 508 g/mol. The third-order valence-electron chi connectivity index (χ3n) is 6.71. The van der Waals surface area contributed by atoms with E-state index in [1.54, 1.807) is 0 Å². The summed E-state index contributed by atoms with van der Waals surface area (Å²) in [7, 11) is 1.41. The molecule has 1 spiro atoms. The number of aryl methyl sites for hydroxylation is 1. The van der Waals surface area contributed by atoms with Crippen molar-refractivity contribution in [3.05, 3.63) is 137 Å². The second kappa shape index (κ2) is 8.87. The molecule has 0 N–H and O–H groups in total. The molecule has 0 fully saturated rings. The van der Waals surface area contributed by atoms with Gasteiger partial charge >= 0.3 is 5.97 Å². The summed E-state index contributed by atoms with van der Waals surface area (Å²) in [5, 5.41) is 7.27. The summed E-state index contributed by atoms with van der Waals surface area (Å²) in [6.07, 6.45) is 0. The van der Waals surface area contributed by atoms with Crippen molar-refractivity contribution in [2.24, 2.45) is 5.10 Å². The number of hydrazone groups is 1. The second-order valence-electron chi connectivity index (χ2n) is 8.74. The minimum Gasteiger partial charge on any atom is -0.464 e. The van der Waals surface area contributed by atoms with Gasteiger partial charge in [-0.15, -0.1) is 0 Å². The van der Waals surface area contributed by atoms with Gasteiger partial charge in [0.25, 0.3) is 0 Å². The van der Waals surface area contributed by atoms with Crippen LogP contribution in [-0.2, 0) is 18.5 Å². The third kappa shape index (κ3) is 3.32. The van der Waals surface area contributed by atoms with Crippen LogP contribution >= 0.6 is 23.5 Å². The second-order valence-corrected chi connectivity index (χ2v) is 11.6. The molecule has 2 aliphatic rings. The summed E-state index contributed by atoms with van der Waals surface area (Å²) in [6, 6.07) is 37.9. The van der Waals surface area contributed by atoms with Crippen LogP contribution in [0.2, 0.25) is 0 Å². The highest BCUT2D eigenvalue weighted by Gasteiger charge is 2.62. The highest BCUT2D eigenvalue weighted by atomic mass is 32.2. The summed E-state index contributed by atoms with van der Waals surface area (Å²) in [6.45, 7) is 2.08. The molecule has 36 heavy (non-hydrogen) atoms. The van der Waals surface area contributed by atoms with Crippen molar-refractivity contribution in [1.82, 2.24) is 0 Å². The van der Waals surface area contributed by atoms with E-state index < -0.39 is 14.9 Å². The van der Waals surface area contributed by atoms with Crippen LogP contribution in [0.5, 0.6) is 0 Å². The Bertz CT molecular complexity index is 1430. The molecule has 6 heteroatoms. The predicted octanol–water partition coefficient (Wildman–Crippen LogP) is 6.88. The number of ether oxygens (including phenoxy) is 1. The Hall–Kier alpha value is -3.48. The number of carbonyl (C=O) groups is 1. The Morgan fingerprint density at radius 2 is 1.33 bits per heavy atom. The maximum Gasteiger partial charge on any atom is 0.365 e. The van der Waals surface area contributed by atoms with Crippen LogP contribution < -0.4 is 5.01 Å². The number of esters is 1. The van der Waals surface area contributed by atoms with Crippen molar-refractivity contribution in [3.8, 4) is 0 Å². The van der Waals surface area contributed by atoms with Gasteiger partial charge in [-0.3, -0.25) is 0 Å². The summed E-state index contributed by atoms with van der Waals surface area (Å²) in [5.41, 5.74) is 6.73. The van der Waals surface area contributed by atoms with E-state index in [-0.39, 0.29) is 0 Å². The molecule has 0 unspecified atom stereocenters. The van der Waals surface area contributed by atoms with Gasteiger partial charge in [-0.2, -0.15) is 5.10 Å². The van der Waals surface area contributed by atoms with Crippen LogP contribution in [0.1, 0.15) is 27.8 Å². The smallest absolute Gasteiger partial charge is 0.365 e. The molecule has 0 radical (unpaired) electrons. The standard InChI is InChI=1S/C30H24N2O2S2/c1-21-13-9-12-20-26(21)32-30(35-27(31-32)28(33)34-2)25-19-11-10-18-24(25)29(36-30,22-14-5-3-6-15-22)23-16-7-4-8-17-23/h3-20H,1-2H3/t30-/m1/s1. The summed E-state index contributed by atoms with van der Waals surface area (Å²) in [4.78, 5) is 12.8. The Kier molecular flexibility index (Phi) is 5.66. The molecular weight excluding hydrogens is 484 g/mol. The SMILES string of the molecule is COC(=O)C1=NN(c2ccccc2C)[C@]2(S1)SC(c1ccccc1)(c1ccccc1)c1ccccc12. The first-order valence-corrected chi connectivity index (χ1v) is 13.4. The lowest BCUT2D eigenvalue weighted by molar-refractivity contribution is -0.132. The van der Waals surface area contributed by atoms with Crippen molar-refractivity contribution >= 4 is 40.2 Å². The number of benzene rings is 4. The zero-order valence-electron chi connectivity index (χ0n) is 19.9. The van der Waals surface area contributed by atoms with Crippen molar-refractivity contribution in [3.63, 3.8) is 0 Å². The zero-order chi connectivity index (χ0) is 24.8. The van der Waals surface area contributed by atoms with Gasteiger partial charge in [0, 0.05) is 5.56 Å². The fourth-order valence-corrected chi connectivity index (χ4v) is 8.66. The Morgan fingerprint density at radius 1 is 0.778 bits per heavy atom. The minimum absolute atomic E-state index is 0.347. The maximum atomic E-state index is 12.8. The molecule has 0 saturated carbocycles. The lowest BCUT2D eigenvalue weighted by Crippen LogP contribution is -2.34. The van der Waals surface area contributed by atoms with Crippen LogP contribution in [0.4, 0.5) is 5.69 Å². The van der Waals surface area contributed by atoms with E-state index in [0.29, 0.717) is 5.04 Å². The molecule has 0 saturated heterocycles. The molecule has 0 aliphatic carbocycles. The normalized spacial score (nSPS) is 19.7. The predicted molar refractivity (Wildman–Crippen MR) is 149 cm³/mol. The number of hydrogen-bond donors (Lipinski definition) is 0. The highest BCUT2D eigenvalue weighted by molar-refractivity contribution is 8.27. The number of hydrogen-bond acceptors (Lipinski definition) is 6. The zero-order valence-corrected chi connectivity index (χ0v) is 21.6. The first kappa shape index (κ1) is 23.0. The topological polar surface area (TPSA) is 41.9 Å². The van der Waals surface area contributed by atoms with Gasteiger partial charge < -0.3 is 4.74 Å². The number of para-hydroxylation sites is 1. The van der Waals surface area contributed by atoms with Crippen molar-refractivity contribution in [2.45, 2.75) is 15.9 Å². The van der Waals surface area contributed by atoms with E-state index in [0.717, 1.165) is 16.8 Å². The molecule has 4 nitrogen and oxygen atoms in total. The number of rotatable bonds is 4. The fourth-order valence-electron chi connectivity index (χ4n) is 5.09. The lowest BCUT2D eigenvalue weighted by Gasteiger charge is -2.37. The van der Waals surface area contributed by atoms with Gasteiger partial charge in [0.05, 0.1) is 17.5 Å². The molecular formula is C30H24N2O2S2. The van der Waals surface area contributed by atoms with Gasteiger partial charge in [-0.25, -0.2) is 9.80 Å². The molecule has 0 aromatic heterocycles. The Morgan fingerprint density at radius 3 is 1.94 bits per heavy atom. The first-order chi connectivity index (χ1) is 17.6. The van der Waals surface area contributed by atoms with Crippen LogP contribution in [0.25, 0.3) is 0 Å². The molecule has 4 aromatic carbocycles. The number of nitrogens with zero attached hydrogens (tertiary/aromatic N) is 2. The number of anilines is 1. The number of fused-ring (bicyclic) bond motifs is 2. The van der Waals surface area contributed by atoms with Gasteiger partial charge in [0.1, 0.15) is 0 Å². The van der Waals surface area contributed by atoms with Gasteiger partial charge in [0.2, 0.25) is 5.04 Å². The quantitative estimate of drug-likeness (QED) is 0.281. The van der Waals surface area contributed by atoms with Crippen LogP contribution in [0.3, 0.4) is 0 Å². The Balaban J connectivity index is 1.66. The minimum atomic E-state index is -0.710.